The van der Waals surface area contributed by atoms with E-state index in [9.17, 15) is 19.2 Å². The Bertz CT molecular complexity index is 763. The molecule has 1 fully saturated rings. The molecule has 1 atom stereocenters. The van der Waals surface area contributed by atoms with Crippen molar-refractivity contribution in [2.75, 3.05) is 0 Å². The van der Waals surface area contributed by atoms with Gasteiger partial charge in [-0.15, -0.1) is 0 Å². The van der Waals surface area contributed by atoms with E-state index < -0.39 is 35.3 Å². The summed E-state index contributed by atoms with van der Waals surface area (Å²) in [5.41, 5.74) is -0.158. The van der Waals surface area contributed by atoms with Gasteiger partial charge in [0.1, 0.15) is 17.4 Å². The number of hydrogen-bond acceptors (Lipinski definition) is 5. The zero-order chi connectivity index (χ0) is 17.6. The van der Waals surface area contributed by atoms with Crippen LogP contribution in [0, 0.1) is 0 Å². The molecule has 24 heavy (non-hydrogen) atoms. The quantitative estimate of drug-likeness (QED) is 0.824. The number of nitrogens with zero attached hydrogens (tertiary/aromatic N) is 1. The van der Waals surface area contributed by atoms with E-state index in [2.05, 4.69) is 5.32 Å². The highest BCUT2D eigenvalue weighted by molar-refractivity contribution is 6.24. The molecule has 2 aliphatic heterocycles. The fourth-order valence-electron chi connectivity index (χ4n) is 2.90. The van der Waals surface area contributed by atoms with Gasteiger partial charge in [-0.05, 0) is 39.3 Å². The summed E-state index contributed by atoms with van der Waals surface area (Å²) in [6.07, 6.45) is 0.223. The third-order valence-electron chi connectivity index (χ3n) is 3.85. The molecule has 126 valence electrons. The van der Waals surface area contributed by atoms with Gasteiger partial charge in [0.2, 0.25) is 11.8 Å². The van der Waals surface area contributed by atoms with Crippen LogP contribution in [0.3, 0.4) is 0 Å². The maximum absolute atomic E-state index is 12.8. The molecular formula is C17H18N2O5. The predicted octanol–water partition coefficient (Wildman–Crippen LogP) is 1.27. The van der Waals surface area contributed by atoms with Crippen LogP contribution >= 0.6 is 0 Å². The number of piperidine rings is 1. The van der Waals surface area contributed by atoms with Crippen LogP contribution in [0.25, 0.3) is 0 Å². The second kappa shape index (κ2) is 5.43. The molecule has 7 heteroatoms. The fraction of sp³-hybridized carbons (Fsp3) is 0.412. The van der Waals surface area contributed by atoms with Crippen molar-refractivity contribution in [3.05, 3.63) is 29.3 Å². The van der Waals surface area contributed by atoms with Gasteiger partial charge in [0, 0.05) is 6.42 Å². The molecule has 1 aromatic rings. The molecule has 1 saturated heterocycles. The van der Waals surface area contributed by atoms with Crippen LogP contribution in [0.1, 0.15) is 54.3 Å². The SMILES string of the molecule is CC(C)(C)Oc1cccc2c1C(=O)N(C1CCC(=O)NC1=O)C2=O. The molecule has 0 radical (unpaired) electrons. The zero-order valence-electron chi connectivity index (χ0n) is 13.7. The van der Waals surface area contributed by atoms with E-state index in [0.29, 0.717) is 5.75 Å². The van der Waals surface area contributed by atoms with Crippen LogP contribution in [0.4, 0.5) is 0 Å². The van der Waals surface area contributed by atoms with Gasteiger partial charge in [-0.3, -0.25) is 29.4 Å². The minimum Gasteiger partial charge on any atom is -0.487 e. The average molecular weight is 330 g/mol. The topological polar surface area (TPSA) is 92.8 Å². The van der Waals surface area contributed by atoms with Crippen molar-refractivity contribution in [2.24, 2.45) is 0 Å². The lowest BCUT2D eigenvalue weighted by Gasteiger charge is -2.28. The van der Waals surface area contributed by atoms with Crippen LogP contribution in [-0.4, -0.2) is 40.2 Å². The second-order valence-electron chi connectivity index (χ2n) is 6.84. The Labute approximate surface area is 139 Å². The lowest BCUT2D eigenvalue weighted by atomic mass is 10.0. The van der Waals surface area contributed by atoms with Gasteiger partial charge in [-0.25, -0.2) is 0 Å². The first-order valence-electron chi connectivity index (χ1n) is 7.72. The third kappa shape index (κ3) is 2.66. The fourth-order valence-corrected chi connectivity index (χ4v) is 2.90. The third-order valence-corrected chi connectivity index (χ3v) is 3.85. The number of fused-ring (bicyclic) bond motifs is 1. The summed E-state index contributed by atoms with van der Waals surface area (Å²) in [5.74, 6) is -1.81. The maximum Gasteiger partial charge on any atom is 0.266 e. The van der Waals surface area contributed by atoms with Crippen molar-refractivity contribution in [2.45, 2.75) is 45.3 Å². The van der Waals surface area contributed by atoms with Crippen molar-refractivity contribution in [1.82, 2.24) is 10.2 Å². The Hall–Kier alpha value is -2.70. The standard InChI is InChI=1S/C17H18N2O5/c1-17(2,3)24-11-6-4-5-9-13(11)16(23)19(15(9)22)10-7-8-12(20)18-14(10)21/h4-6,10H,7-8H2,1-3H3,(H,18,20,21). The van der Waals surface area contributed by atoms with E-state index in [1.807, 2.05) is 20.8 Å². The van der Waals surface area contributed by atoms with E-state index in [1.54, 1.807) is 12.1 Å². The first-order valence-corrected chi connectivity index (χ1v) is 7.72. The molecule has 3 rings (SSSR count). The number of imide groups is 2. The van der Waals surface area contributed by atoms with Gasteiger partial charge in [0.15, 0.2) is 0 Å². The number of carbonyl (C=O) groups is 4. The molecule has 0 bridgehead atoms. The average Bonchev–Trinajstić information content (AvgIpc) is 2.71. The minimum atomic E-state index is -0.974. The normalized spacial score (nSPS) is 21.0. The molecule has 4 amide bonds. The van der Waals surface area contributed by atoms with E-state index in [0.717, 1.165) is 4.90 Å². The number of benzene rings is 1. The Morgan fingerprint density at radius 1 is 1.12 bits per heavy atom. The van der Waals surface area contributed by atoms with Crippen molar-refractivity contribution < 1.29 is 23.9 Å². The van der Waals surface area contributed by atoms with Crippen LogP contribution in [0.5, 0.6) is 5.75 Å². The molecule has 0 spiro atoms. The number of nitrogens with one attached hydrogen (secondary N) is 1. The summed E-state index contributed by atoms with van der Waals surface area (Å²) in [5, 5.41) is 2.17. The van der Waals surface area contributed by atoms with E-state index in [4.69, 9.17) is 4.74 Å². The van der Waals surface area contributed by atoms with E-state index >= 15 is 0 Å². The van der Waals surface area contributed by atoms with Crippen LogP contribution in [0.2, 0.25) is 0 Å². The number of rotatable bonds is 2. The highest BCUT2D eigenvalue weighted by Gasteiger charge is 2.46. The molecule has 7 nitrogen and oxygen atoms in total. The number of hydrogen-bond donors (Lipinski definition) is 1. The summed E-state index contributed by atoms with van der Waals surface area (Å²) in [6, 6.07) is 3.83. The maximum atomic E-state index is 12.8. The molecule has 2 heterocycles. The largest absolute Gasteiger partial charge is 0.487 e. The van der Waals surface area contributed by atoms with Crippen molar-refractivity contribution >= 4 is 23.6 Å². The van der Waals surface area contributed by atoms with Gasteiger partial charge < -0.3 is 4.74 Å². The summed E-state index contributed by atoms with van der Waals surface area (Å²) in [6.45, 7) is 5.52. The van der Waals surface area contributed by atoms with Crippen molar-refractivity contribution in [3.63, 3.8) is 0 Å². The Balaban J connectivity index is 1.98. The van der Waals surface area contributed by atoms with Crippen LogP contribution in [0.15, 0.2) is 18.2 Å². The van der Waals surface area contributed by atoms with E-state index in [-0.39, 0.29) is 24.0 Å². The van der Waals surface area contributed by atoms with Gasteiger partial charge in [0.05, 0.1) is 11.1 Å². The van der Waals surface area contributed by atoms with Crippen molar-refractivity contribution in [3.8, 4) is 5.75 Å². The molecular weight excluding hydrogens is 312 g/mol. The van der Waals surface area contributed by atoms with Crippen LogP contribution < -0.4 is 10.1 Å². The molecule has 1 N–H and O–H groups in total. The summed E-state index contributed by atoms with van der Waals surface area (Å²) >= 11 is 0. The van der Waals surface area contributed by atoms with Gasteiger partial charge in [-0.1, -0.05) is 6.07 Å². The molecule has 0 saturated carbocycles. The highest BCUT2D eigenvalue weighted by Crippen LogP contribution is 2.34. The van der Waals surface area contributed by atoms with E-state index in [1.165, 1.54) is 6.07 Å². The minimum absolute atomic E-state index is 0.0924. The van der Waals surface area contributed by atoms with Crippen LogP contribution in [-0.2, 0) is 9.59 Å². The second-order valence-corrected chi connectivity index (χ2v) is 6.84. The zero-order valence-corrected chi connectivity index (χ0v) is 13.7. The van der Waals surface area contributed by atoms with Crippen molar-refractivity contribution in [1.29, 1.82) is 0 Å². The summed E-state index contributed by atoms with van der Waals surface area (Å²) in [4.78, 5) is 49.7. The van der Waals surface area contributed by atoms with Gasteiger partial charge in [-0.2, -0.15) is 0 Å². The molecule has 1 unspecified atom stereocenters. The summed E-state index contributed by atoms with van der Waals surface area (Å²) < 4.78 is 5.79. The molecule has 0 aliphatic carbocycles. The first-order chi connectivity index (χ1) is 11.2. The smallest absolute Gasteiger partial charge is 0.266 e. The molecule has 1 aromatic carbocycles. The summed E-state index contributed by atoms with van der Waals surface area (Å²) in [7, 11) is 0. The number of carbonyl (C=O) groups excluding carboxylic acids is 4. The lowest BCUT2D eigenvalue weighted by molar-refractivity contribution is -0.136. The predicted molar refractivity (Wildman–Crippen MR) is 83.5 cm³/mol. The molecule has 0 aromatic heterocycles. The van der Waals surface area contributed by atoms with Gasteiger partial charge >= 0.3 is 0 Å². The molecule has 2 aliphatic rings. The lowest BCUT2D eigenvalue weighted by Crippen LogP contribution is -2.54. The van der Waals surface area contributed by atoms with Gasteiger partial charge in [0.25, 0.3) is 11.8 Å². The Morgan fingerprint density at radius 3 is 2.46 bits per heavy atom. The highest BCUT2D eigenvalue weighted by atomic mass is 16.5. The Morgan fingerprint density at radius 2 is 1.83 bits per heavy atom. The monoisotopic (exact) mass is 330 g/mol. The number of amides is 4. The number of ether oxygens (including phenoxy) is 1. The first kappa shape index (κ1) is 16.2. The Kier molecular flexibility index (Phi) is 3.66.